The highest BCUT2D eigenvalue weighted by atomic mass is 35.5. The number of aromatic nitrogens is 5. The van der Waals surface area contributed by atoms with Crippen LogP contribution in [-0.2, 0) is 12.2 Å². The minimum atomic E-state index is -0.545. The van der Waals surface area contributed by atoms with Gasteiger partial charge >= 0.3 is 5.69 Å². The quantitative estimate of drug-likeness (QED) is 0.448. The van der Waals surface area contributed by atoms with Gasteiger partial charge in [0.1, 0.15) is 5.82 Å². The first kappa shape index (κ1) is 20.2. The SMILES string of the molecule is Cc1cccc(-n2c(Cc3cc(=O)[nH]c(=O)[nH]3)nnc2SCc2ccc(Cl)cc2)c1. The Kier molecular flexibility index (Phi) is 5.87. The number of aryl methyl sites for hydroxylation is 1. The van der Waals surface area contributed by atoms with Crippen molar-refractivity contribution in [2.45, 2.75) is 24.3 Å². The van der Waals surface area contributed by atoms with Gasteiger partial charge < -0.3 is 4.98 Å². The Morgan fingerprint density at radius 2 is 1.83 bits per heavy atom. The highest BCUT2D eigenvalue weighted by molar-refractivity contribution is 7.98. The van der Waals surface area contributed by atoms with Crippen molar-refractivity contribution in [3.63, 3.8) is 0 Å². The van der Waals surface area contributed by atoms with E-state index in [2.05, 4.69) is 20.2 Å². The van der Waals surface area contributed by atoms with E-state index < -0.39 is 11.2 Å². The van der Waals surface area contributed by atoms with Crippen LogP contribution in [-0.4, -0.2) is 24.7 Å². The predicted octanol–water partition coefficient (Wildman–Crippen LogP) is 3.49. The predicted molar refractivity (Wildman–Crippen MR) is 118 cm³/mol. The van der Waals surface area contributed by atoms with Crippen LogP contribution in [0, 0.1) is 6.92 Å². The molecule has 2 heterocycles. The van der Waals surface area contributed by atoms with Crippen LogP contribution >= 0.6 is 23.4 Å². The van der Waals surface area contributed by atoms with Gasteiger partial charge in [0.05, 0.1) is 0 Å². The van der Waals surface area contributed by atoms with Crippen molar-refractivity contribution in [1.82, 2.24) is 24.7 Å². The van der Waals surface area contributed by atoms with E-state index in [1.54, 1.807) is 11.8 Å². The first-order valence-electron chi connectivity index (χ1n) is 9.19. The summed E-state index contributed by atoms with van der Waals surface area (Å²) in [5, 5.41) is 10.1. The van der Waals surface area contributed by atoms with Crippen LogP contribution in [0.15, 0.2) is 69.3 Å². The van der Waals surface area contributed by atoms with Crippen molar-refractivity contribution in [3.05, 3.63) is 103 Å². The zero-order chi connectivity index (χ0) is 21.1. The summed E-state index contributed by atoms with van der Waals surface area (Å²) < 4.78 is 1.95. The molecule has 0 radical (unpaired) electrons. The third-order valence-corrected chi connectivity index (χ3v) is 5.66. The molecule has 0 saturated carbocycles. The molecule has 9 heteroatoms. The largest absolute Gasteiger partial charge is 0.325 e. The Morgan fingerprint density at radius 3 is 2.57 bits per heavy atom. The zero-order valence-electron chi connectivity index (χ0n) is 16.1. The maximum atomic E-state index is 11.7. The van der Waals surface area contributed by atoms with Crippen LogP contribution in [0.1, 0.15) is 22.6 Å². The molecule has 7 nitrogen and oxygen atoms in total. The molecule has 152 valence electrons. The number of benzene rings is 2. The molecule has 0 fully saturated rings. The van der Waals surface area contributed by atoms with Crippen LogP contribution in [0.4, 0.5) is 0 Å². The molecule has 2 N–H and O–H groups in total. The Hall–Kier alpha value is -3.10. The van der Waals surface area contributed by atoms with Crippen molar-refractivity contribution in [1.29, 1.82) is 0 Å². The lowest BCUT2D eigenvalue weighted by Gasteiger charge is -2.11. The van der Waals surface area contributed by atoms with Gasteiger partial charge in [-0.1, -0.05) is 47.6 Å². The van der Waals surface area contributed by atoms with Crippen molar-refractivity contribution >= 4 is 23.4 Å². The van der Waals surface area contributed by atoms with E-state index in [-0.39, 0.29) is 6.42 Å². The second-order valence-corrected chi connectivity index (χ2v) is 8.16. The van der Waals surface area contributed by atoms with Crippen molar-refractivity contribution in [3.8, 4) is 5.69 Å². The van der Waals surface area contributed by atoms with Gasteiger partial charge in [0.2, 0.25) is 0 Å². The lowest BCUT2D eigenvalue weighted by Crippen LogP contribution is -2.23. The van der Waals surface area contributed by atoms with Gasteiger partial charge in [-0.05, 0) is 42.3 Å². The Morgan fingerprint density at radius 1 is 1.03 bits per heavy atom. The lowest BCUT2D eigenvalue weighted by molar-refractivity contribution is 0.828. The summed E-state index contributed by atoms with van der Waals surface area (Å²) in [5.74, 6) is 1.32. The molecule has 2 aromatic carbocycles. The number of rotatable bonds is 6. The fourth-order valence-electron chi connectivity index (χ4n) is 3.05. The van der Waals surface area contributed by atoms with Crippen LogP contribution in [0.2, 0.25) is 5.02 Å². The van der Waals surface area contributed by atoms with Crippen molar-refractivity contribution < 1.29 is 0 Å². The van der Waals surface area contributed by atoms with E-state index in [9.17, 15) is 9.59 Å². The number of halogens is 1. The zero-order valence-corrected chi connectivity index (χ0v) is 17.6. The molecule has 0 amide bonds. The second-order valence-electron chi connectivity index (χ2n) is 6.78. The second kappa shape index (κ2) is 8.73. The summed E-state index contributed by atoms with van der Waals surface area (Å²) in [7, 11) is 0. The Balaban J connectivity index is 1.70. The number of aromatic amines is 2. The standard InChI is InChI=1S/C21H18ClN5O2S/c1-13-3-2-4-17(9-13)27-18(10-16-11-19(28)24-20(29)23-16)25-26-21(27)30-12-14-5-7-15(22)8-6-14/h2-9,11H,10,12H2,1H3,(H2,23,24,28,29). The van der Waals surface area contributed by atoms with Crippen LogP contribution in [0.25, 0.3) is 5.69 Å². The van der Waals surface area contributed by atoms with E-state index in [1.807, 2.05) is 60.0 Å². The fourth-order valence-corrected chi connectivity index (χ4v) is 4.10. The average Bonchev–Trinajstić information content (AvgIpc) is 3.09. The van der Waals surface area contributed by atoms with Crippen LogP contribution in [0.5, 0.6) is 0 Å². The summed E-state index contributed by atoms with van der Waals surface area (Å²) in [4.78, 5) is 28.1. The topological polar surface area (TPSA) is 96.4 Å². The number of thioether (sulfide) groups is 1. The Labute approximate surface area is 181 Å². The summed E-state index contributed by atoms with van der Waals surface area (Å²) in [6, 6.07) is 17.0. The molecule has 4 aromatic rings. The molecule has 0 aliphatic rings. The Bertz CT molecular complexity index is 1270. The summed E-state index contributed by atoms with van der Waals surface area (Å²) in [6.07, 6.45) is 0.265. The molecular formula is C21H18ClN5O2S. The van der Waals surface area contributed by atoms with E-state index in [4.69, 9.17) is 11.6 Å². The van der Waals surface area contributed by atoms with Gasteiger partial charge in [-0.15, -0.1) is 10.2 Å². The highest BCUT2D eigenvalue weighted by Gasteiger charge is 2.16. The molecule has 0 spiro atoms. The minimum absolute atomic E-state index is 0.265. The minimum Gasteiger partial charge on any atom is -0.311 e. The fraction of sp³-hybridized carbons (Fsp3) is 0.143. The maximum absolute atomic E-state index is 11.7. The molecule has 0 atom stereocenters. The van der Waals surface area contributed by atoms with E-state index >= 15 is 0 Å². The molecular weight excluding hydrogens is 422 g/mol. The van der Waals surface area contributed by atoms with Gasteiger partial charge in [-0.2, -0.15) is 0 Å². The van der Waals surface area contributed by atoms with E-state index in [0.717, 1.165) is 22.0 Å². The molecule has 0 aliphatic heterocycles. The smallest absolute Gasteiger partial charge is 0.311 e. The van der Waals surface area contributed by atoms with Gasteiger partial charge in [-0.25, -0.2) is 4.79 Å². The average molecular weight is 440 g/mol. The van der Waals surface area contributed by atoms with E-state index in [1.165, 1.54) is 6.07 Å². The number of nitrogens with zero attached hydrogens (tertiary/aromatic N) is 3. The lowest BCUT2D eigenvalue weighted by atomic mass is 10.2. The van der Waals surface area contributed by atoms with Crippen LogP contribution < -0.4 is 11.2 Å². The number of nitrogens with one attached hydrogen (secondary N) is 2. The normalized spacial score (nSPS) is 11.0. The van der Waals surface area contributed by atoms with E-state index in [0.29, 0.717) is 22.3 Å². The number of hydrogen-bond donors (Lipinski definition) is 2. The number of hydrogen-bond acceptors (Lipinski definition) is 5. The third kappa shape index (κ3) is 4.72. The molecule has 0 bridgehead atoms. The van der Waals surface area contributed by atoms with Gasteiger partial charge in [0.25, 0.3) is 5.56 Å². The number of H-pyrrole nitrogens is 2. The molecule has 30 heavy (non-hydrogen) atoms. The first-order valence-corrected chi connectivity index (χ1v) is 10.6. The van der Waals surface area contributed by atoms with Crippen molar-refractivity contribution in [2.75, 3.05) is 0 Å². The first-order chi connectivity index (χ1) is 14.5. The molecule has 0 saturated heterocycles. The molecule has 4 rings (SSSR count). The molecule has 0 aliphatic carbocycles. The maximum Gasteiger partial charge on any atom is 0.325 e. The van der Waals surface area contributed by atoms with Crippen molar-refractivity contribution in [2.24, 2.45) is 0 Å². The summed E-state index contributed by atoms with van der Waals surface area (Å²) in [5.41, 5.74) is 2.61. The van der Waals surface area contributed by atoms with Crippen LogP contribution in [0.3, 0.4) is 0 Å². The third-order valence-electron chi connectivity index (χ3n) is 4.41. The van der Waals surface area contributed by atoms with Gasteiger partial charge in [0.15, 0.2) is 5.16 Å². The summed E-state index contributed by atoms with van der Waals surface area (Å²) >= 11 is 7.52. The summed E-state index contributed by atoms with van der Waals surface area (Å²) in [6.45, 7) is 2.02. The van der Waals surface area contributed by atoms with Gasteiger partial charge in [0, 0.05) is 34.6 Å². The molecule has 2 aromatic heterocycles. The van der Waals surface area contributed by atoms with Gasteiger partial charge in [-0.3, -0.25) is 14.3 Å². The highest BCUT2D eigenvalue weighted by Crippen LogP contribution is 2.27. The molecule has 0 unspecified atom stereocenters. The monoisotopic (exact) mass is 439 g/mol.